The van der Waals surface area contributed by atoms with Crippen LogP contribution in [0.5, 0.6) is 11.5 Å². The molecule has 1 aliphatic rings. The van der Waals surface area contributed by atoms with Crippen LogP contribution in [0.3, 0.4) is 0 Å². The summed E-state index contributed by atoms with van der Waals surface area (Å²) in [6.45, 7) is 6.08. The molecule has 3 rings (SSSR count). The van der Waals surface area contributed by atoms with Crippen molar-refractivity contribution in [1.29, 1.82) is 0 Å². The summed E-state index contributed by atoms with van der Waals surface area (Å²) >= 11 is 0. The Morgan fingerprint density at radius 2 is 1.89 bits per heavy atom. The van der Waals surface area contributed by atoms with Gasteiger partial charge >= 0.3 is 5.97 Å². The summed E-state index contributed by atoms with van der Waals surface area (Å²) in [4.78, 5) is 11.8. The van der Waals surface area contributed by atoms with Gasteiger partial charge in [-0.2, -0.15) is 0 Å². The summed E-state index contributed by atoms with van der Waals surface area (Å²) in [5, 5.41) is 13.0. The summed E-state index contributed by atoms with van der Waals surface area (Å²) in [7, 11) is 3.25. The van der Waals surface area contributed by atoms with E-state index in [0.29, 0.717) is 31.2 Å². The van der Waals surface area contributed by atoms with E-state index < -0.39 is 12.1 Å². The Kier molecular flexibility index (Phi) is 10.6. The van der Waals surface area contributed by atoms with Crippen molar-refractivity contribution < 1.29 is 28.5 Å². The zero-order valence-corrected chi connectivity index (χ0v) is 21.9. The third-order valence-corrected chi connectivity index (χ3v) is 7.11. The van der Waals surface area contributed by atoms with Crippen molar-refractivity contribution in [3.63, 3.8) is 0 Å². The minimum Gasteiger partial charge on any atom is -0.493 e. The summed E-state index contributed by atoms with van der Waals surface area (Å²) < 4.78 is 30.3. The summed E-state index contributed by atoms with van der Waals surface area (Å²) in [6.07, 6.45) is 3.05. The smallest absolute Gasteiger partial charge is 0.332 e. The van der Waals surface area contributed by atoms with Crippen LogP contribution in [0, 0.1) is 17.7 Å². The minimum atomic E-state index is -0.929. The molecule has 0 heterocycles. The zero-order chi connectivity index (χ0) is 26.1. The number of aryl methyl sites for hydroxylation is 2. The molecule has 7 heteroatoms. The van der Waals surface area contributed by atoms with Crippen molar-refractivity contribution >= 4 is 5.97 Å². The third kappa shape index (κ3) is 7.43. The molecule has 2 N–H and O–H groups in total. The second-order valence-electron chi connectivity index (χ2n) is 9.90. The average molecular weight is 502 g/mol. The van der Waals surface area contributed by atoms with E-state index in [2.05, 4.69) is 19.2 Å². The van der Waals surface area contributed by atoms with Crippen LogP contribution in [0.15, 0.2) is 36.4 Å². The predicted molar refractivity (Wildman–Crippen MR) is 139 cm³/mol. The van der Waals surface area contributed by atoms with Crippen molar-refractivity contribution in [2.45, 2.75) is 58.0 Å². The van der Waals surface area contributed by atoms with Crippen LogP contribution in [0.1, 0.15) is 55.7 Å². The lowest BCUT2D eigenvalue weighted by atomic mass is 9.70. The Morgan fingerprint density at radius 1 is 1.11 bits per heavy atom. The van der Waals surface area contributed by atoms with E-state index in [1.165, 1.54) is 11.6 Å². The number of benzene rings is 2. The maximum Gasteiger partial charge on any atom is 0.332 e. The molecule has 36 heavy (non-hydrogen) atoms. The number of ether oxygens (including phenoxy) is 3. The second-order valence-corrected chi connectivity index (χ2v) is 9.90. The van der Waals surface area contributed by atoms with Gasteiger partial charge in [0.15, 0.2) is 17.6 Å². The molecule has 0 bridgehead atoms. The lowest BCUT2D eigenvalue weighted by Crippen LogP contribution is -2.34. The molecular weight excluding hydrogens is 461 g/mol. The number of carboxylic acid groups (broad SMARTS) is 1. The molecular formula is C29H40FNO5. The standard InChI is InChI=1S/C29H40FNO5/c1-19(2)28-22(9-8-21-17-23(30)10-11-24(21)28)18-36-26(29(32)33)13-15-31-14-5-6-20-7-12-25(34-3)27(16-20)35-4/h7,10-12,16-17,19,22,26,28,31H,5-6,8-9,13-15,18H2,1-4H3,(H,32,33)/t22?,26-,28-/m1/s1. The molecule has 2 aromatic carbocycles. The molecule has 198 valence electrons. The molecule has 0 saturated carbocycles. The highest BCUT2D eigenvalue weighted by Gasteiger charge is 2.33. The lowest BCUT2D eigenvalue weighted by molar-refractivity contribution is -0.152. The number of carboxylic acids is 1. The molecule has 0 radical (unpaired) electrons. The number of fused-ring (bicyclic) bond motifs is 1. The topological polar surface area (TPSA) is 77.0 Å². The van der Waals surface area contributed by atoms with E-state index in [0.717, 1.165) is 49.1 Å². The van der Waals surface area contributed by atoms with E-state index in [1.54, 1.807) is 20.3 Å². The molecule has 0 spiro atoms. The number of hydrogen-bond acceptors (Lipinski definition) is 5. The summed E-state index contributed by atoms with van der Waals surface area (Å²) in [6, 6.07) is 11.0. The van der Waals surface area contributed by atoms with E-state index in [4.69, 9.17) is 14.2 Å². The van der Waals surface area contributed by atoms with Gasteiger partial charge in [-0.15, -0.1) is 0 Å². The van der Waals surface area contributed by atoms with Gasteiger partial charge in [-0.05, 0) is 104 Å². The number of aliphatic carboxylic acids is 1. The summed E-state index contributed by atoms with van der Waals surface area (Å²) in [5.41, 5.74) is 3.41. The third-order valence-electron chi connectivity index (χ3n) is 7.11. The second kappa shape index (κ2) is 13.6. The van der Waals surface area contributed by atoms with Gasteiger partial charge in [0, 0.05) is 0 Å². The molecule has 1 aliphatic carbocycles. The van der Waals surface area contributed by atoms with Crippen molar-refractivity contribution in [3.05, 3.63) is 58.9 Å². The fourth-order valence-corrected chi connectivity index (χ4v) is 5.31. The van der Waals surface area contributed by atoms with Crippen molar-refractivity contribution in [1.82, 2.24) is 5.32 Å². The predicted octanol–water partition coefficient (Wildman–Crippen LogP) is 5.23. The number of hydrogen-bond donors (Lipinski definition) is 2. The van der Waals surface area contributed by atoms with Crippen LogP contribution >= 0.6 is 0 Å². The van der Waals surface area contributed by atoms with Crippen LogP contribution in [0.2, 0.25) is 0 Å². The maximum absolute atomic E-state index is 13.7. The Morgan fingerprint density at radius 3 is 2.58 bits per heavy atom. The number of rotatable bonds is 14. The minimum absolute atomic E-state index is 0.201. The molecule has 1 unspecified atom stereocenters. The summed E-state index contributed by atoms with van der Waals surface area (Å²) in [5.74, 6) is 1.12. The molecule has 0 aliphatic heterocycles. The van der Waals surface area contributed by atoms with Crippen LogP contribution in [0.25, 0.3) is 0 Å². The Labute approximate surface area is 214 Å². The quantitative estimate of drug-likeness (QED) is 0.345. The Hall–Kier alpha value is -2.64. The fraction of sp³-hybridized carbons (Fsp3) is 0.552. The molecule has 6 nitrogen and oxygen atoms in total. The normalized spacial score (nSPS) is 18.1. The highest BCUT2D eigenvalue weighted by molar-refractivity contribution is 5.72. The monoisotopic (exact) mass is 501 g/mol. The van der Waals surface area contributed by atoms with Crippen molar-refractivity contribution in [3.8, 4) is 11.5 Å². The molecule has 0 amide bonds. The Bertz CT molecular complexity index is 996. The van der Waals surface area contributed by atoms with Crippen molar-refractivity contribution in [2.75, 3.05) is 33.9 Å². The SMILES string of the molecule is COc1ccc(CCCNCC[C@@H](OCC2CCc3cc(F)ccc3[C@@H]2C(C)C)C(=O)O)cc1OC. The van der Waals surface area contributed by atoms with Crippen LogP contribution in [-0.2, 0) is 22.4 Å². The Balaban J connectivity index is 1.43. The van der Waals surface area contributed by atoms with Crippen LogP contribution < -0.4 is 14.8 Å². The van der Waals surface area contributed by atoms with Gasteiger partial charge in [0.05, 0.1) is 20.8 Å². The first-order valence-electron chi connectivity index (χ1n) is 12.9. The number of methoxy groups -OCH3 is 2. The lowest BCUT2D eigenvalue weighted by Gasteiger charge is -2.36. The van der Waals surface area contributed by atoms with E-state index in [-0.39, 0.29) is 17.7 Å². The largest absolute Gasteiger partial charge is 0.493 e. The van der Waals surface area contributed by atoms with Gasteiger partial charge in [-0.1, -0.05) is 26.0 Å². The van der Waals surface area contributed by atoms with E-state index in [1.807, 2.05) is 24.3 Å². The van der Waals surface area contributed by atoms with E-state index >= 15 is 0 Å². The van der Waals surface area contributed by atoms with Crippen LogP contribution in [-0.4, -0.2) is 51.1 Å². The highest BCUT2D eigenvalue weighted by Crippen LogP contribution is 2.41. The average Bonchev–Trinajstić information content (AvgIpc) is 2.86. The molecule has 0 saturated heterocycles. The molecule has 0 aromatic heterocycles. The first-order chi connectivity index (χ1) is 17.3. The van der Waals surface area contributed by atoms with Gasteiger partial charge in [-0.3, -0.25) is 0 Å². The van der Waals surface area contributed by atoms with Crippen LogP contribution in [0.4, 0.5) is 4.39 Å². The maximum atomic E-state index is 13.7. The first-order valence-corrected chi connectivity index (χ1v) is 12.9. The van der Waals surface area contributed by atoms with Gasteiger partial charge in [-0.25, -0.2) is 9.18 Å². The van der Waals surface area contributed by atoms with Gasteiger partial charge < -0.3 is 24.6 Å². The molecule has 2 aromatic rings. The number of halogens is 1. The highest BCUT2D eigenvalue weighted by atomic mass is 19.1. The van der Waals surface area contributed by atoms with E-state index in [9.17, 15) is 14.3 Å². The molecule has 0 fully saturated rings. The number of carbonyl (C=O) groups is 1. The fourth-order valence-electron chi connectivity index (χ4n) is 5.31. The zero-order valence-electron chi connectivity index (χ0n) is 21.9. The van der Waals surface area contributed by atoms with Crippen molar-refractivity contribution in [2.24, 2.45) is 11.8 Å². The van der Waals surface area contributed by atoms with Gasteiger partial charge in [0.25, 0.3) is 0 Å². The molecule has 3 atom stereocenters. The van der Waals surface area contributed by atoms with Gasteiger partial charge in [0.1, 0.15) is 5.82 Å². The first kappa shape index (κ1) is 27.9. The number of nitrogens with one attached hydrogen (secondary N) is 1. The van der Waals surface area contributed by atoms with Gasteiger partial charge in [0.2, 0.25) is 0 Å².